The van der Waals surface area contributed by atoms with Crippen molar-refractivity contribution in [2.75, 3.05) is 11.9 Å². The van der Waals surface area contributed by atoms with E-state index in [0.717, 1.165) is 0 Å². The number of nitrogens with one attached hydrogen (secondary N) is 1. The predicted molar refractivity (Wildman–Crippen MR) is 101 cm³/mol. The second kappa shape index (κ2) is 7.20. The summed E-state index contributed by atoms with van der Waals surface area (Å²) >= 11 is 3.15. The molecule has 1 atom stereocenters. The van der Waals surface area contributed by atoms with Crippen molar-refractivity contribution >= 4 is 33.4 Å². The number of benzene rings is 2. The first kappa shape index (κ1) is 18.4. The second-order valence-electron chi connectivity index (χ2n) is 6.27. The Morgan fingerprint density at radius 3 is 2.46 bits per heavy atom. The SMILES string of the molecule is O=C1CN(C(=O)c2ccc(Br)o2)[C@H](c2ccc(F)cc2)c2cc(F)ccc2N1. The molecule has 2 amide bonds. The van der Waals surface area contributed by atoms with E-state index in [9.17, 15) is 18.4 Å². The second-order valence-corrected chi connectivity index (χ2v) is 7.05. The predicted octanol–water partition coefficient (Wildman–Crippen LogP) is 4.50. The third kappa shape index (κ3) is 3.43. The number of carbonyl (C=O) groups is 2. The molecule has 0 bridgehead atoms. The molecular formula is C20H13BrF2N2O3. The summed E-state index contributed by atoms with van der Waals surface area (Å²) in [4.78, 5) is 26.8. The van der Waals surface area contributed by atoms with Crippen molar-refractivity contribution in [3.63, 3.8) is 0 Å². The van der Waals surface area contributed by atoms with Crippen molar-refractivity contribution in [3.05, 3.63) is 87.8 Å². The van der Waals surface area contributed by atoms with E-state index < -0.39 is 29.5 Å². The molecule has 0 fully saturated rings. The van der Waals surface area contributed by atoms with Crippen molar-refractivity contribution in [1.29, 1.82) is 0 Å². The van der Waals surface area contributed by atoms with Crippen LogP contribution in [0.15, 0.2) is 63.7 Å². The highest BCUT2D eigenvalue weighted by molar-refractivity contribution is 9.10. The maximum atomic E-state index is 14.0. The summed E-state index contributed by atoms with van der Waals surface area (Å²) in [5.74, 6) is -1.93. The number of anilines is 1. The number of halogens is 3. The Kier molecular flexibility index (Phi) is 4.72. The van der Waals surface area contributed by atoms with E-state index in [1.165, 1.54) is 53.4 Å². The zero-order valence-corrected chi connectivity index (χ0v) is 15.9. The van der Waals surface area contributed by atoms with E-state index in [2.05, 4.69) is 21.2 Å². The highest BCUT2D eigenvalue weighted by Gasteiger charge is 2.35. The molecule has 1 aliphatic heterocycles. The van der Waals surface area contributed by atoms with Gasteiger partial charge in [0.05, 0.1) is 6.04 Å². The third-order valence-corrected chi connectivity index (χ3v) is 4.86. The van der Waals surface area contributed by atoms with Gasteiger partial charge in [-0.25, -0.2) is 8.78 Å². The number of amides is 2. The highest BCUT2D eigenvalue weighted by atomic mass is 79.9. The molecule has 0 spiro atoms. The summed E-state index contributed by atoms with van der Waals surface area (Å²) in [6.07, 6.45) is 0. The van der Waals surface area contributed by atoms with E-state index >= 15 is 0 Å². The van der Waals surface area contributed by atoms with Gasteiger partial charge in [-0.1, -0.05) is 12.1 Å². The van der Waals surface area contributed by atoms with Crippen LogP contribution in [0.4, 0.5) is 14.5 Å². The first-order chi connectivity index (χ1) is 13.4. The van der Waals surface area contributed by atoms with Crippen molar-refractivity contribution < 1.29 is 22.8 Å². The fraction of sp³-hybridized carbons (Fsp3) is 0.100. The topological polar surface area (TPSA) is 62.6 Å². The van der Waals surface area contributed by atoms with Gasteiger partial charge in [0.25, 0.3) is 5.91 Å². The van der Waals surface area contributed by atoms with Crippen LogP contribution in [0.2, 0.25) is 0 Å². The lowest BCUT2D eigenvalue weighted by Crippen LogP contribution is -2.38. The lowest BCUT2D eigenvalue weighted by Gasteiger charge is -2.30. The van der Waals surface area contributed by atoms with Gasteiger partial charge in [0.1, 0.15) is 18.2 Å². The van der Waals surface area contributed by atoms with Crippen molar-refractivity contribution in [2.45, 2.75) is 6.04 Å². The smallest absolute Gasteiger partial charge is 0.290 e. The lowest BCUT2D eigenvalue weighted by molar-refractivity contribution is -0.117. The van der Waals surface area contributed by atoms with Gasteiger partial charge in [0, 0.05) is 11.3 Å². The summed E-state index contributed by atoms with van der Waals surface area (Å²) in [5.41, 5.74) is 1.30. The number of furan rings is 1. The molecule has 8 heteroatoms. The van der Waals surface area contributed by atoms with Gasteiger partial charge in [0.15, 0.2) is 10.4 Å². The monoisotopic (exact) mass is 446 g/mol. The molecule has 4 rings (SSSR count). The number of hydrogen-bond acceptors (Lipinski definition) is 3. The van der Waals surface area contributed by atoms with E-state index in [1.54, 1.807) is 6.07 Å². The van der Waals surface area contributed by atoms with Gasteiger partial charge in [0.2, 0.25) is 5.91 Å². The molecule has 2 heterocycles. The number of fused-ring (bicyclic) bond motifs is 1. The molecule has 1 N–H and O–H groups in total. The number of hydrogen-bond donors (Lipinski definition) is 1. The van der Waals surface area contributed by atoms with Crippen LogP contribution >= 0.6 is 15.9 Å². The Bertz CT molecular complexity index is 1070. The molecule has 3 aromatic rings. The Labute approximate surface area is 167 Å². The molecule has 1 aliphatic rings. The van der Waals surface area contributed by atoms with E-state index in [1.807, 2.05) is 0 Å². The number of carbonyl (C=O) groups excluding carboxylic acids is 2. The lowest BCUT2D eigenvalue weighted by atomic mass is 9.95. The van der Waals surface area contributed by atoms with Crippen molar-refractivity contribution in [2.24, 2.45) is 0 Å². The summed E-state index contributed by atoms with van der Waals surface area (Å²) < 4.78 is 33.2. The molecule has 28 heavy (non-hydrogen) atoms. The van der Waals surface area contributed by atoms with Crippen LogP contribution in [0.25, 0.3) is 0 Å². The first-order valence-corrected chi connectivity index (χ1v) is 9.13. The molecule has 0 saturated carbocycles. The van der Waals surface area contributed by atoms with Crippen molar-refractivity contribution in [1.82, 2.24) is 4.90 Å². The van der Waals surface area contributed by atoms with Crippen LogP contribution < -0.4 is 5.32 Å². The fourth-order valence-corrected chi connectivity index (χ4v) is 3.55. The molecule has 0 aliphatic carbocycles. The van der Waals surface area contributed by atoms with Crippen LogP contribution in [-0.4, -0.2) is 23.3 Å². The van der Waals surface area contributed by atoms with Gasteiger partial charge >= 0.3 is 0 Å². The van der Waals surface area contributed by atoms with Gasteiger partial charge in [-0.05, 0) is 64.0 Å². The zero-order chi connectivity index (χ0) is 19.8. The highest BCUT2D eigenvalue weighted by Crippen LogP contribution is 2.37. The average molecular weight is 447 g/mol. The minimum absolute atomic E-state index is 0.0200. The van der Waals surface area contributed by atoms with E-state index in [-0.39, 0.29) is 12.3 Å². The maximum Gasteiger partial charge on any atom is 0.290 e. The van der Waals surface area contributed by atoms with Crippen LogP contribution in [0, 0.1) is 11.6 Å². The van der Waals surface area contributed by atoms with E-state index in [0.29, 0.717) is 21.5 Å². The summed E-state index contributed by atoms with van der Waals surface area (Å²) in [6.45, 7) is -0.282. The Hall–Kier alpha value is -3.00. The van der Waals surface area contributed by atoms with Crippen LogP contribution in [0.3, 0.4) is 0 Å². The van der Waals surface area contributed by atoms with Gasteiger partial charge in [-0.3, -0.25) is 9.59 Å². The van der Waals surface area contributed by atoms with Crippen LogP contribution in [0.5, 0.6) is 0 Å². The molecule has 5 nitrogen and oxygen atoms in total. The summed E-state index contributed by atoms with van der Waals surface area (Å²) in [6, 6.07) is 11.6. The molecule has 0 saturated heterocycles. The molecule has 142 valence electrons. The number of nitrogens with zero attached hydrogens (tertiary/aromatic N) is 1. The Balaban J connectivity index is 1.89. The average Bonchev–Trinajstić information content (AvgIpc) is 3.04. The fourth-order valence-electron chi connectivity index (χ4n) is 3.24. The Morgan fingerprint density at radius 1 is 1.07 bits per heavy atom. The van der Waals surface area contributed by atoms with Crippen LogP contribution in [-0.2, 0) is 4.79 Å². The molecule has 0 radical (unpaired) electrons. The summed E-state index contributed by atoms with van der Waals surface area (Å²) in [7, 11) is 0. The van der Waals surface area contributed by atoms with E-state index in [4.69, 9.17) is 4.42 Å². The van der Waals surface area contributed by atoms with Gasteiger partial charge in [-0.15, -0.1) is 0 Å². The van der Waals surface area contributed by atoms with Gasteiger partial charge < -0.3 is 14.6 Å². The molecular weight excluding hydrogens is 434 g/mol. The normalized spacial score (nSPS) is 16.3. The molecule has 2 aromatic carbocycles. The number of rotatable bonds is 2. The van der Waals surface area contributed by atoms with Crippen LogP contribution in [0.1, 0.15) is 27.7 Å². The minimum atomic E-state index is -0.818. The zero-order valence-electron chi connectivity index (χ0n) is 14.3. The maximum absolute atomic E-state index is 14.0. The first-order valence-electron chi connectivity index (χ1n) is 8.33. The molecule has 1 aromatic heterocycles. The Morgan fingerprint density at radius 2 is 1.79 bits per heavy atom. The molecule has 0 unspecified atom stereocenters. The van der Waals surface area contributed by atoms with Crippen molar-refractivity contribution in [3.8, 4) is 0 Å². The summed E-state index contributed by atoms with van der Waals surface area (Å²) in [5, 5.41) is 2.69. The standard InChI is InChI=1S/C20H13BrF2N2O3/c21-17-8-7-16(28-17)20(27)25-10-18(26)24-15-6-5-13(23)9-14(15)19(25)11-1-3-12(22)4-2-11/h1-9,19H,10H2,(H,24,26)/t19-/m1/s1. The quantitative estimate of drug-likeness (QED) is 0.629. The van der Waals surface area contributed by atoms with Gasteiger partial charge in [-0.2, -0.15) is 0 Å². The third-order valence-electron chi connectivity index (χ3n) is 4.44. The largest absolute Gasteiger partial charge is 0.444 e. The minimum Gasteiger partial charge on any atom is -0.444 e.